The Morgan fingerprint density at radius 2 is 1.84 bits per heavy atom. The Kier molecular flexibility index (Phi) is 7.33. The second kappa shape index (κ2) is 9.96. The van der Waals surface area contributed by atoms with Crippen LogP contribution in [0.3, 0.4) is 0 Å². The van der Waals surface area contributed by atoms with Gasteiger partial charge in [0, 0.05) is 16.2 Å². The number of carbonyl (C=O) groups excluding carboxylic acids is 4. The van der Waals surface area contributed by atoms with Crippen LogP contribution in [-0.2, 0) is 14.4 Å². The molecule has 1 aliphatic heterocycles. The quantitative estimate of drug-likeness (QED) is 0.251. The number of nitrogens with one attached hydrogen (secondary N) is 1. The van der Waals surface area contributed by atoms with Gasteiger partial charge >= 0.3 is 5.97 Å². The van der Waals surface area contributed by atoms with E-state index in [1.165, 1.54) is 26.2 Å². The second-order valence-corrected chi connectivity index (χ2v) is 8.57. The molecule has 0 unspecified atom stereocenters. The molecule has 160 valence electrons. The van der Waals surface area contributed by atoms with Gasteiger partial charge < -0.3 is 14.8 Å². The zero-order valence-corrected chi connectivity index (χ0v) is 19.5. The van der Waals surface area contributed by atoms with E-state index in [9.17, 15) is 19.2 Å². The Morgan fingerprint density at radius 1 is 1.13 bits per heavy atom. The number of esters is 1. The lowest BCUT2D eigenvalue weighted by Gasteiger charge is -2.12. The summed E-state index contributed by atoms with van der Waals surface area (Å²) in [6, 6.07) is 11.9. The zero-order valence-electron chi connectivity index (χ0n) is 16.5. The predicted octanol–water partition coefficient (Wildman–Crippen LogP) is 3.90. The molecule has 0 radical (unpaired) electrons. The van der Waals surface area contributed by atoms with Crippen molar-refractivity contribution in [3.8, 4) is 11.5 Å². The number of thioether (sulfide) groups is 1. The average Bonchev–Trinajstić information content (AvgIpc) is 2.97. The van der Waals surface area contributed by atoms with Gasteiger partial charge in [-0.05, 0) is 82.4 Å². The maximum atomic E-state index is 12.7. The molecule has 0 atom stereocenters. The molecule has 0 saturated carbocycles. The van der Waals surface area contributed by atoms with Crippen LogP contribution in [0.4, 0.5) is 10.5 Å². The van der Waals surface area contributed by atoms with E-state index in [4.69, 9.17) is 9.47 Å². The highest BCUT2D eigenvalue weighted by molar-refractivity contribution is 14.1. The Bertz CT molecular complexity index is 1080. The van der Waals surface area contributed by atoms with Crippen LogP contribution in [0.2, 0.25) is 0 Å². The Morgan fingerprint density at radius 3 is 2.48 bits per heavy atom. The van der Waals surface area contributed by atoms with Gasteiger partial charge in [0.25, 0.3) is 11.1 Å². The average molecular weight is 552 g/mol. The van der Waals surface area contributed by atoms with Crippen LogP contribution in [0.1, 0.15) is 12.5 Å². The molecule has 0 bridgehead atoms. The number of imide groups is 1. The summed E-state index contributed by atoms with van der Waals surface area (Å²) in [5.41, 5.74) is 1.15. The van der Waals surface area contributed by atoms with Gasteiger partial charge in [0.1, 0.15) is 6.54 Å². The lowest BCUT2D eigenvalue weighted by molar-refractivity contribution is -0.132. The molecule has 0 spiro atoms. The van der Waals surface area contributed by atoms with Crippen molar-refractivity contribution < 1.29 is 28.7 Å². The molecule has 2 aromatic carbocycles. The summed E-state index contributed by atoms with van der Waals surface area (Å²) in [6.07, 6.45) is 1.52. The van der Waals surface area contributed by atoms with Crippen LogP contribution in [0, 0.1) is 3.57 Å². The van der Waals surface area contributed by atoms with Crippen molar-refractivity contribution >= 4 is 69.1 Å². The van der Waals surface area contributed by atoms with Crippen LogP contribution in [0.25, 0.3) is 6.08 Å². The summed E-state index contributed by atoms with van der Waals surface area (Å²) in [4.78, 5) is 49.4. The summed E-state index contributed by atoms with van der Waals surface area (Å²) in [7, 11) is 1.42. The van der Waals surface area contributed by atoms with Gasteiger partial charge in [-0.2, -0.15) is 0 Å². The monoisotopic (exact) mass is 552 g/mol. The lowest BCUT2D eigenvalue weighted by Crippen LogP contribution is -2.36. The molecular weight excluding hydrogens is 535 g/mol. The summed E-state index contributed by atoms with van der Waals surface area (Å²) in [5.74, 6) is -0.976. The Labute approximate surface area is 196 Å². The van der Waals surface area contributed by atoms with Crippen molar-refractivity contribution in [2.24, 2.45) is 0 Å². The van der Waals surface area contributed by atoms with Gasteiger partial charge in [-0.25, -0.2) is 0 Å². The molecule has 1 aliphatic rings. The fourth-order valence-electron chi connectivity index (χ4n) is 2.68. The van der Waals surface area contributed by atoms with E-state index in [-0.39, 0.29) is 17.2 Å². The molecule has 0 aromatic heterocycles. The van der Waals surface area contributed by atoms with Gasteiger partial charge in [-0.1, -0.05) is 6.07 Å². The third kappa shape index (κ3) is 5.85. The summed E-state index contributed by atoms with van der Waals surface area (Å²) in [6.45, 7) is 0.890. The third-order valence-corrected chi connectivity index (χ3v) is 5.67. The molecule has 3 rings (SSSR count). The molecule has 1 N–H and O–H groups in total. The SMILES string of the molecule is COc1cc(/C=C2\SC(=O)N(CC(=O)Nc3ccc(I)cc3)C2=O)ccc1OC(C)=O. The molecule has 0 aliphatic carbocycles. The number of nitrogens with zero attached hydrogens (tertiary/aromatic N) is 1. The topological polar surface area (TPSA) is 102 Å². The van der Waals surface area contributed by atoms with Gasteiger partial charge in [-0.15, -0.1) is 0 Å². The standard InChI is InChI=1S/C21H17IN2O6S/c1-12(25)30-16-8-3-13(9-17(16)29-2)10-18-20(27)24(21(28)31-18)11-19(26)23-15-6-4-14(22)5-7-15/h3-10H,11H2,1-2H3,(H,23,26)/b18-10-. The molecule has 31 heavy (non-hydrogen) atoms. The van der Waals surface area contributed by atoms with Crippen LogP contribution in [0.15, 0.2) is 47.4 Å². The van der Waals surface area contributed by atoms with Crippen molar-refractivity contribution in [2.75, 3.05) is 19.0 Å². The highest BCUT2D eigenvalue weighted by atomic mass is 127. The van der Waals surface area contributed by atoms with Crippen molar-refractivity contribution in [3.05, 3.63) is 56.5 Å². The molecular formula is C21H17IN2O6S. The zero-order chi connectivity index (χ0) is 22.5. The van der Waals surface area contributed by atoms with Crippen LogP contribution < -0.4 is 14.8 Å². The predicted molar refractivity (Wildman–Crippen MR) is 125 cm³/mol. The fourth-order valence-corrected chi connectivity index (χ4v) is 3.88. The number of halogens is 1. The minimum atomic E-state index is -0.559. The van der Waals surface area contributed by atoms with Gasteiger partial charge in [0.2, 0.25) is 5.91 Å². The number of ether oxygens (including phenoxy) is 2. The highest BCUT2D eigenvalue weighted by Gasteiger charge is 2.36. The fraction of sp³-hybridized carbons (Fsp3) is 0.143. The number of anilines is 1. The second-order valence-electron chi connectivity index (χ2n) is 6.33. The van der Waals surface area contributed by atoms with E-state index in [1.54, 1.807) is 24.3 Å². The molecule has 1 fully saturated rings. The van der Waals surface area contributed by atoms with Gasteiger partial charge in [0.15, 0.2) is 11.5 Å². The lowest BCUT2D eigenvalue weighted by atomic mass is 10.2. The molecule has 2 aromatic rings. The van der Waals surface area contributed by atoms with E-state index in [2.05, 4.69) is 27.9 Å². The van der Waals surface area contributed by atoms with Crippen LogP contribution in [0.5, 0.6) is 11.5 Å². The molecule has 1 saturated heterocycles. The first-order valence-corrected chi connectivity index (χ1v) is 10.8. The molecule has 1 heterocycles. The molecule has 3 amide bonds. The first-order valence-electron chi connectivity index (χ1n) is 8.94. The number of carbonyl (C=O) groups is 4. The number of benzene rings is 2. The van der Waals surface area contributed by atoms with Crippen molar-refractivity contribution in [1.82, 2.24) is 4.90 Å². The normalized spacial score (nSPS) is 14.7. The number of rotatable bonds is 6. The first kappa shape index (κ1) is 22.8. The minimum absolute atomic E-state index is 0.175. The maximum absolute atomic E-state index is 12.7. The number of amides is 3. The van der Waals surface area contributed by atoms with Crippen molar-refractivity contribution in [2.45, 2.75) is 6.92 Å². The van der Waals surface area contributed by atoms with Crippen molar-refractivity contribution in [1.29, 1.82) is 0 Å². The number of methoxy groups -OCH3 is 1. The van der Waals surface area contributed by atoms with Crippen LogP contribution in [-0.4, -0.2) is 41.6 Å². The van der Waals surface area contributed by atoms with E-state index < -0.39 is 23.0 Å². The summed E-state index contributed by atoms with van der Waals surface area (Å²) >= 11 is 2.90. The number of hydrogen-bond donors (Lipinski definition) is 1. The Hall–Kier alpha value is -2.86. The minimum Gasteiger partial charge on any atom is -0.493 e. The van der Waals surface area contributed by atoms with E-state index >= 15 is 0 Å². The van der Waals surface area contributed by atoms with E-state index in [1.807, 2.05) is 12.1 Å². The summed E-state index contributed by atoms with van der Waals surface area (Å²) < 4.78 is 11.3. The van der Waals surface area contributed by atoms with E-state index in [0.717, 1.165) is 20.2 Å². The largest absolute Gasteiger partial charge is 0.493 e. The molecule has 8 nitrogen and oxygen atoms in total. The third-order valence-electron chi connectivity index (χ3n) is 4.04. The maximum Gasteiger partial charge on any atom is 0.308 e. The first-order chi connectivity index (χ1) is 14.8. The van der Waals surface area contributed by atoms with Crippen LogP contribution >= 0.6 is 34.4 Å². The smallest absolute Gasteiger partial charge is 0.308 e. The summed E-state index contributed by atoms with van der Waals surface area (Å²) in [5, 5.41) is 2.13. The van der Waals surface area contributed by atoms with Gasteiger partial charge in [-0.3, -0.25) is 24.1 Å². The molecule has 10 heteroatoms. The highest BCUT2D eigenvalue weighted by Crippen LogP contribution is 2.34. The van der Waals surface area contributed by atoms with Crippen molar-refractivity contribution in [3.63, 3.8) is 0 Å². The Balaban J connectivity index is 1.71. The van der Waals surface area contributed by atoms with Gasteiger partial charge in [0.05, 0.1) is 12.0 Å². The van der Waals surface area contributed by atoms with E-state index in [0.29, 0.717) is 17.0 Å². The number of hydrogen-bond acceptors (Lipinski definition) is 7.